The van der Waals surface area contributed by atoms with E-state index in [-0.39, 0.29) is 37.8 Å². The van der Waals surface area contributed by atoms with Crippen molar-refractivity contribution in [3.8, 4) is 0 Å². The number of rotatable bonds is 10. The molecule has 2 aliphatic heterocycles. The highest BCUT2D eigenvalue weighted by molar-refractivity contribution is 5.79. The molecule has 1 aromatic carbocycles. The van der Waals surface area contributed by atoms with Crippen LogP contribution in [0.25, 0.3) is 0 Å². The first kappa shape index (κ1) is 25.0. The molecule has 3 aliphatic rings. The molecule has 0 spiro atoms. The van der Waals surface area contributed by atoms with E-state index < -0.39 is 6.17 Å². The molecule has 1 saturated carbocycles. The number of amides is 1. The molecule has 194 valence electrons. The van der Waals surface area contributed by atoms with Gasteiger partial charge >= 0.3 is 0 Å². The number of piperidine rings is 1. The Bertz CT molecular complexity index is 1040. The van der Waals surface area contributed by atoms with Crippen molar-refractivity contribution in [2.45, 2.75) is 45.1 Å². The SMILES string of the molecule is COCc1cnc(N2CCC([C@H]3C[C@H]3COCc3ccc(CC(=O)N4CC(F)C4)cc3F)CC2)nc1. The van der Waals surface area contributed by atoms with Crippen LogP contribution in [0.5, 0.6) is 0 Å². The number of carbonyl (C=O) groups excluding carboxylic acids is 1. The number of likely N-dealkylation sites (tertiary alicyclic amines) is 1. The Kier molecular flexibility index (Phi) is 7.76. The van der Waals surface area contributed by atoms with Gasteiger partial charge in [0.05, 0.1) is 39.3 Å². The fraction of sp³-hybridized carbons (Fsp3) is 0.593. The Hall–Kier alpha value is -2.65. The quantitative estimate of drug-likeness (QED) is 0.497. The van der Waals surface area contributed by atoms with Gasteiger partial charge in [-0.2, -0.15) is 0 Å². The maximum atomic E-state index is 14.5. The van der Waals surface area contributed by atoms with Gasteiger partial charge < -0.3 is 19.3 Å². The molecule has 0 N–H and O–H groups in total. The summed E-state index contributed by atoms with van der Waals surface area (Å²) in [4.78, 5) is 24.8. The maximum absolute atomic E-state index is 14.5. The standard InChI is InChI=1S/C27H34F2N4O3/c1-35-15-19-11-30-27(31-12-19)32-6-4-20(5-7-32)24-10-22(24)17-36-16-21-3-2-18(8-25(21)29)9-26(34)33-13-23(28)14-33/h2-3,8,11-12,20,22-24H,4-7,9-10,13-17H2,1H3/t22-,24+/m0/s1. The number of ether oxygens (including phenoxy) is 2. The second-order valence-electron chi connectivity index (χ2n) is 10.3. The van der Waals surface area contributed by atoms with Crippen molar-refractivity contribution in [1.29, 1.82) is 0 Å². The maximum Gasteiger partial charge on any atom is 0.227 e. The summed E-state index contributed by atoms with van der Waals surface area (Å²) in [6.07, 6.45) is 6.26. The van der Waals surface area contributed by atoms with Crippen LogP contribution in [0.1, 0.15) is 36.0 Å². The zero-order chi connectivity index (χ0) is 25.1. The molecule has 2 aromatic rings. The van der Waals surface area contributed by atoms with Gasteiger partial charge in [0.1, 0.15) is 12.0 Å². The van der Waals surface area contributed by atoms with E-state index in [2.05, 4.69) is 14.9 Å². The molecule has 7 nitrogen and oxygen atoms in total. The first-order valence-electron chi connectivity index (χ1n) is 12.8. The van der Waals surface area contributed by atoms with Crippen molar-refractivity contribution in [2.24, 2.45) is 17.8 Å². The number of nitrogens with zero attached hydrogens (tertiary/aromatic N) is 4. The first-order chi connectivity index (χ1) is 17.5. The summed E-state index contributed by atoms with van der Waals surface area (Å²) in [5, 5.41) is 0. The Morgan fingerprint density at radius 2 is 1.86 bits per heavy atom. The summed E-state index contributed by atoms with van der Waals surface area (Å²) in [6, 6.07) is 4.84. The molecule has 1 amide bonds. The summed E-state index contributed by atoms with van der Waals surface area (Å²) >= 11 is 0. The summed E-state index contributed by atoms with van der Waals surface area (Å²) in [5.74, 6) is 2.18. The molecule has 0 unspecified atom stereocenters. The largest absolute Gasteiger partial charge is 0.380 e. The van der Waals surface area contributed by atoms with Crippen LogP contribution in [0, 0.1) is 23.6 Å². The summed E-state index contributed by atoms with van der Waals surface area (Å²) < 4.78 is 38.4. The number of anilines is 1. The smallest absolute Gasteiger partial charge is 0.227 e. The van der Waals surface area contributed by atoms with E-state index in [0.29, 0.717) is 42.1 Å². The third-order valence-electron chi connectivity index (χ3n) is 7.66. The van der Waals surface area contributed by atoms with Crippen LogP contribution in [0.4, 0.5) is 14.7 Å². The zero-order valence-electron chi connectivity index (χ0n) is 20.7. The van der Waals surface area contributed by atoms with Crippen molar-refractivity contribution in [2.75, 3.05) is 44.8 Å². The number of hydrogen-bond acceptors (Lipinski definition) is 6. The second kappa shape index (κ2) is 11.2. The molecule has 3 heterocycles. The van der Waals surface area contributed by atoms with E-state index >= 15 is 0 Å². The average molecular weight is 501 g/mol. The van der Waals surface area contributed by atoms with E-state index in [1.165, 1.54) is 17.4 Å². The highest BCUT2D eigenvalue weighted by Gasteiger charge is 2.43. The summed E-state index contributed by atoms with van der Waals surface area (Å²) in [7, 11) is 1.66. The topological polar surface area (TPSA) is 67.8 Å². The minimum Gasteiger partial charge on any atom is -0.380 e. The zero-order valence-corrected chi connectivity index (χ0v) is 20.7. The van der Waals surface area contributed by atoms with Crippen LogP contribution in [-0.2, 0) is 33.9 Å². The molecule has 9 heteroatoms. The number of halogens is 2. The number of alkyl halides is 1. The average Bonchev–Trinajstić information content (AvgIpc) is 3.64. The highest BCUT2D eigenvalue weighted by Crippen LogP contribution is 2.48. The van der Waals surface area contributed by atoms with Crippen LogP contribution < -0.4 is 4.90 Å². The van der Waals surface area contributed by atoms with Gasteiger partial charge in [-0.05, 0) is 48.6 Å². The molecule has 5 rings (SSSR count). The summed E-state index contributed by atoms with van der Waals surface area (Å²) in [5.41, 5.74) is 2.08. The third kappa shape index (κ3) is 6.00. The van der Waals surface area contributed by atoms with Crippen LogP contribution in [-0.4, -0.2) is 66.8 Å². The van der Waals surface area contributed by atoms with Gasteiger partial charge in [0.15, 0.2) is 0 Å². The second-order valence-corrected chi connectivity index (χ2v) is 10.3. The van der Waals surface area contributed by atoms with Gasteiger partial charge in [0.2, 0.25) is 11.9 Å². The molecule has 0 bridgehead atoms. The Balaban J connectivity index is 1.01. The molecule has 1 aliphatic carbocycles. The van der Waals surface area contributed by atoms with E-state index in [1.54, 1.807) is 19.2 Å². The van der Waals surface area contributed by atoms with Gasteiger partial charge in [-0.3, -0.25) is 4.79 Å². The lowest BCUT2D eigenvalue weighted by Gasteiger charge is -2.34. The Morgan fingerprint density at radius 3 is 2.53 bits per heavy atom. The predicted molar refractivity (Wildman–Crippen MR) is 131 cm³/mol. The monoisotopic (exact) mass is 500 g/mol. The molecule has 2 atom stereocenters. The molecule has 3 fully saturated rings. The normalized spacial score (nSPS) is 22.5. The van der Waals surface area contributed by atoms with E-state index in [0.717, 1.165) is 37.4 Å². The van der Waals surface area contributed by atoms with Gasteiger partial charge in [-0.1, -0.05) is 12.1 Å². The summed E-state index contributed by atoms with van der Waals surface area (Å²) in [6.45, 7) is 3.61. The van der Waals surface area contributed by atoms with Crippen LogP contribution in [0.15, 0.2) is 30.6 Å². The number of hydrogen-bond donors (Lipinski definition) is 0. The van der Waals surface area contributed by atoms with Crippen LogP contribution >= 0.6 is 0 Å². The number of benzene rings is 1. The first-order valence-corrected chi connectivity index (χ1v) is 12.8. The van der Waals surface area contributed by atoms with Crippen molar-refractivity contribution in [3.05, 3.63) is 53.1 Å². The lowest BCUT2D eigenvalue weighted by atomic mass is 9.91. The molecule has 2 saturated heterocycles. The molecular formula is C27H34F2N4O3. The Labute approximate surface area is 210 Å². The van der Waals surface area contributed by atoms with Gasteiger partial charge in [-0.25, -0.2) is 18.7 Å². The molecule has 0 radical (unpaired) electrons. The third-order valence-corrected chi connectivity index (χ3v) is 7.66. The van der Waals surface area contributed by atoms with E-state index in [1.807, 2.05) is 12.4 Å². The van der Waals surface area contributed by atoms with Crippen molar-refractivity contribution >= 4 is 11.9 Å². The van der Waals surface area contributed by atoms with Crippen molar-refractivity contribution in [3.63, 3.8) is 0 Å². The predicted octanol–water partition coefficient (Wildman–Crippen LogP) is 3.55. The number of carbonyl (C=O) groups is 1. The molecular weight excluding hydrogens is 466 g/mol. The Morgan fingerprint density at radius 1 is 1.11 bits per heavy atom. The number of aromatic nitrogens is 2. The van der Waals surface area contributed by atoms with Gasteiger partial charge in [0.25, 0.3) is 0 Å². The number of methoxy groups -OCH3 is 1. The lowest BCUT2D eigenvalue weighted by molar-refractivity contribution is -0.137. The van der Waals surface area contributed by atoms with E-state index in [4.69, 9.17) is 9.47 Å². The minimum absolute atomic E-state index is 0.0958. The van der Waals surface area contributed by atoms with E-state index in [9.17, 15) is 13.6 Å². The minimum atomic E-state index is -0.928. The highest BCUT2D eigenvalue weighted by atomic mass is 19.1. The fourth-order valence-electron chi connectivity index (χ4n) is 5.37. The van der Waals surface area contributed by atoms with Gasteiger partial charge in [-0.15, -0.1) is 0 Å². The van der Waals surface area contributed by atoms with Crippen LogP contribution in [0.3, 0.4) is 0 Å². The molecule has 1 aromatic heterocycles. The molecule has 36 heavy (non-hydrogen) atoms. The van der Waals surface area contributed by atoms with Crippen molar-refractivity contribution < 1.29 is 23.0 Å². The van der Waals surface area contributed by atoms with Crippen molar-refractivity contribution in [1.82, 2.24) is 14.9 Å². The lowest BCUT2D eigenvalue weighted by Crippen LogP contribution is -2.52. The van der Waals surface area contributed by atoms with Crippen LogP contribution in [0.2, 0.25) is 0 Å². The van der Waals surface area contributed by atoms with Gasteiger partial charge in [0, 0.05) is 43.7 Å². The fourth-order valence-corrected chi connectivity index (χ4v) is 5.37.